The molecular weight excluding hydrogens is 326 g/mol. The quantitative estimate of drug-likeness (QED) is 0.655. The van der Waals surface area contributed by atoms with Crippen LogP contribution < -0.4 is 4.74 Å². The standard InChI is InChI=1S/C14H10Cl4O/c1-19-11-5-2-9(3-6-11)14(17,18)10-4-7-12(15)13(16)8-10/h2-8H,1H3. The van der Waals surface area contributed by atoms with E-state index in [1.807, 2.05) is 0 Å². The summed E-state index contributed by atoms with van der Waals surface area (Å²) in [4.78, 5) is 0. The number of alkyl halides is 2. The Bertz CT molecular complexity index is 578. The topological polar surface area (TPSA) is 9.23 Å². The minimum atomic E-state index is -1.19. The van der Waals surface area contributed by atoms with Crippen LogP contribution >= 0.6 is 46.4 Å². The molecule has 0 fully saturated rings. The van der Waals surface area contributed by atoms with E-state index in [1.54, 1.807) is 49.6 Å². The molecule has 0 heterocycles. The van der Waals surface area contributed by atoms with Gasteiger partial charge >= 0.3 is 0 Å². The van der Waals surface area contributed by atoms with Crippen molar-refractivity contribution in [2.24, 2.45) is 0 Å². The van der Waals surface area contributed by atoms with Gasteiger partial charge in [-0.2, -0.15) is 0 Å². The number of halogens is 4. The predicted molar refractivity (Wildman–Crippen MR) is 81.9 cm³/mol. The molecule has 0 atom stereocenters. The fraction of sp³-hybridized carbons (Fsp3) is 0.143. The predicted octanol–water partition coefficient (Wildman–Crippen LogP) is 5.68. The number of hydrogen-bond donors (Lipinski definition) is 0. The van der Waals surface area contributed by atoms with Gasteiger partial charge in [-0.15, -0.1) is 0 Å². The average molecular weight is 336 g/mol. The van der Waals surface area contributed by atoms with Crippen molar-refractivity contribution in [3.63, 3.8) is 0 Å². The van der Waals surface area contributed by atoms with Crippen molar-refractivity contribution in [1.29, 1.82) is 0 Å². The summed E-state index contributed by atoms with van der Waals surface area (Å²) in [5, 5.41) is 0.877. The van der Waals surface area contributed by atoms with Crippen LogP contribution in [0.5, 0.6) is 5.75 Å². The van der Waals surface area contributed by atoms with Crippen LogP contribution in [-0.4, -0.2) is 7.11 Å². The van der Waals surface area contributed by atoms with Gasteiger partial charge in [0.15, 0.2) is 4.33 Å². The Balaban J connectivity index is 2.41. The van der Waals surface area contributed by atoms with E-state index < -0.39 is 4.33 Å². The summed E-state index contributed by atoms with van der Waals surface area (Å²) in [6.07, 6.45) is 0. The first-order valence-electron chi connectivity index (χ1n) is 5.43. The largest absolute Gasteiger partial charge is 0.497 e. The summed E-state index contributed by atoms with van der Waals surface area (Å²) in [6, 6.07) is 12.3. The molecular formula is C14H10Cl4O. The molecule has 0 bridgehead atoms. The number of methoxy groups -OCH3 is 1. The third-order valence-corrected chi connectivity index (χ3v) is 4.35. The Morgan fingerprint density at radius 1 is 0.842 bits per heavy atom. The Morgan fingerprint density at radius 3 is 1.95 bits per heavy atom. The summed E-state index contributed by atoms with van der Waals surface area (Å²) in [6.45, 7) is 0. The third-order valence-electron chi connectivity index (χ3n) is 2.73. The molecule has 100 valence electrons. The van der Waals surface area contributed by atoms with Crippen LogP contribution in [0.2, 0.25) is 10.0 Å². The molecule has 1 nitrogen and oxygen atoms in total. The van der Waals surface area contributed by atoms with Crippen LogP contribution in [0, 0.1) is 0 Å². The zero-order chi connectivity index (χ0) is 14.0. The second kappa shape index (κ2) is 5.80. The lowest BCUT2D eigenvalue weighted by atomic mass is 10.0. The molecule has 0 aliphatic rings. The van der Waals surface area contributed by atoms with Crippen molar-refractivity contribution in [2.75, 3.05) is 7.11 Å². The zero-order valence-corrected chi connectivity index (χ0v) is 13.0. The third kappa shape index (κ3) is 3.11. The molecule has 0 aliphatic carbocycles. The fourth-order valence-electron chi connectivity index (χ4n) is 1.66. The van der Waals surface area contributed by atoms with Crippen LogP contribution in [0.25, 0.3) is 0 Å². The zero-order valence-electron chi connectivity index (χ0n) is 9.96. The van der Waals surface area contributed by atoms with E-state index in [4.69, 9.17) is 51.1 Å². The molecule has 2 aromatic rings. The van der Waals surface area contributed by atoms with E-state index in [0.717, 1.165) is 11.3 Å². The molecule has 0 spiro atoms. The van der Waals surface area contributed by atoms with E-state index in [-0.39, 0.29) is 0 Å². The van der Waals surface area contributed by atoms with Crippen molar-refractivity contribution in [3.05, 3.63) is 63.6 Å². The van der Waals surface area contributed by atoms with Gasteiger partial charge in [-0.1, -0.05) is 64.6 Å². The highest BCUT2D eigenvalue weighted by molar-refractivity contribution is 6.50. The molecule has 0 aliphatic heterocycles. The van der Waals surface area contributed by atoms with Crippen molar-refractivity contribution < 1.29 is 4.74 Å². The van der Waals surface area contributed by atoms with Gasteiger partial charge in [0.25, 0.3) is 0 Å². The van der Waals surface area contributed by atoms with Crippen LogP contribution in [-0.2, 0) is 4.33 Å². The smallest absolute Gasteiger partial charge is 0.168 e. The van der Waals surface area contributed by atoms with Gasteiger partial charge in [0.1, 0.15) is 5.75 Å². The Morgan fingerprint density at radius 2 is 1.42 bits per heavy atom. The first kappa shape index (κ1) is 14.8. The minimum Gasteiger partial charge on any atom is -0.497 e. The molecule has 0 saturated carbocycles. The van der Waals surface area contributed by atoms with Gasteiger partial charge in [0.2, 0.25) is 0 Å². The molecule has 19 heavy (non-hydrogen) atoms. The highest BCUT2D eigenvalue weighted by atomic mass is 35.5. The first-order chi connectivity index (χ1) is 8.95. The number of rotatable bonds is 3. The lowest BCUT2D eigenvalue weighted by Crippen LogP contribution is -2.12. The van der Waals surface area contributed by atoms with Gasteiger partial charge in [-0.3, -0.25) is 0 Å². The molecule has 0 unspecified atom stereocenters. The summed E-state index contributed by atoms with van der Waals surface area (Å²) in [5.41, 5.74) is 1.39. The second-order valence-electron chi connectivity index (χ2n) is 3.93. The maximum atomic E-state index is 6.43. The molecule has 2 aromatic carbocycles. The number of hydrogen-bond acceptors (Lipinski definition) is 1. The van der Waals surface area contributed by atoms with E-state index >= 15 is 0 Å². The van der Waals surface area contributed by atoms with E-state index in [2.05, 4.69) is 0 Å². The Hall–Kier alpha value is -0.600. The highest BCUT2D eigenvalue weighted by Gasteiger charge is 2.29. The van der Waals surface area contributed by atoms with Crippen LogP contribution in [0.3, 0.4) is 0 Å². The van der Waals surface area contributed by atoms with E-state index in [9.17, 15) is 0 Å². The molecule has 0 radical (unpaired) electrons. The summed E-state index contributed by atoms with van der Waals surface area (Å²) < 4.78 is 3.90. The van der Waals surface area contributed by atoms with Crippen LogP contribution in [0.4, 0.5) is 0 Å². The van der Waals surface area contributed by atoms with Gasteiger partial charge < -0.3 is 4.74 Å². The molecule has 0 aromatic heterocycles. The minimum absolute atomic E-state index is 0.415. The summed E-state index contributed by atoms with van der Waals surface area (Å²) >= 11 is 24.7. The number of benzene rings is 2. The molecule has 0 N–H and O–H groups in total. The van der Waals surface area contributed by atoms with E-state index in [1.165, 1.54) is 0 Å². The van der Waals surface area contributed by atoms with Gasteiger partial charge in [0, 0.05) is 0 Å². The lowest BCUT2D eigenvalue weighted by Gasteiger charge is -2.21. The average Bonchev–Trinajstić information content (AvgIpc) is 2.41. The van der Waals surface area contributed by atoms with E-state index in [0.29, 0.717) is 15.6 Å². The lowest BCUT2D eigenvalue weighted by molar-refractivity contribution is 0.414. The molecule has 0 saturated heterocycles. The maximum absolute atomic E-state index is 6.43. The number of ether oxygens (including phenoxy) is 1. The summed E-state index contributed by atoms with van der Waals surface area (Å²) in [7, 11) is 1.60. The van der Waals surface area contributed by atoms with Crippen molar-refractivity contribution in [2.45, 2.75) is 4.33 Å². The van der Waals surface area contributed by atoms with Crippen LogP contribution in [0.15, 0.2) is 42.5 Å². The SMILES string of the molecule is COc1ccc(C(Cl)(Cl)c2ccc(Cl)c(Cl)c2)cc1. The van der Waals surface area contributed by atoms with Gasteiger partial charge in [-0.25, -0.2) is 0 Å². The Kier molecular flexibility index (Phi) is 4.52. The van der Waals surface area contributed by atoms with Crippen molar-refractivity contribution in [1.82, 2.24) is 0 Å². The highest BCUT2D eigenvalue weighted by Crippen LogP contribution is 2.42. The van der Waals surface area contributed by atoms with Gasteiger partial charge in [-0.05, 0) is 35.4 Å². The van der Waals surface area contributed by atoms with Gasteiger partial charge in [0.05, 0.1) is 17.2 Å². The van der Waals surface area contributed by atoms with Crippen LogP contribution in [0.1, 0.15) is 11.1 Å². The first-order valence-corrected chi connectivity index (χ1v) is 6.94. The fourth-order valence-corrected chi connectivity index (χ4v) is 2.44. The Labute approximate surface area is 132 Å². The normalized spacial score (nSPS) is 11.4. The molecule has 2 rings (SSSR count). The molecule has 5 heteroatoms. The summed E-state index contributed by atoms with van der Waals surface area (Å²) in [5.74, 6) is 0.738. The monoisotopic (exact) mass is 334 g/mol. The maximum Gasteiger partial charge on any atom is 0.168 e. The van der Waals surface area contributed by atoms with Crippen molar-refractivity contribution in [3.8, 4) is 5.75 Å². The van der Waals surface area contributed by atoms with Crippen molar-refractivity contribution >= 4 is 46.4 Å². The second-order valence-corrected chi connectivity index (χ2v) is 6.07. The molecule has 0 amide bonds.